The zero-order valence-electron chi connectivity index (χ0n) is 16.3. The summed E-state index contributed by atoms with van der Waals surface area (Å²) in [6.07, 6.45) is 5.86. The minimum atomic E-state index is -0.203. The third-order valence-electron chi connectivity index (χ3n) is 5.52. The normalized spacial score (nSPS) is 22.3. The summed E-state index contributed by atoms with van der Waals surface area (Å²) in [5.74, 6) is 0.842. The fourth-order valence-electron chi connectivity index (χ4n) is 4.15. The van der Waals surface area contributed by atoms with Crippen molar-refractivity contribution in [2.75, 3.05) is 31.1 Å². The predicted octanol–water partition coefficient (Wildman–Crippen LogP) is 1.48. The fourth-order valence-corrected chi connectivity index (χ4v) is 4.15. The highest BCUT2D eigenvalue weighted by atomic mass is 16.3. The van der Waals surface area contributed by atoms with Crippen LogP contribution in [-0.2, 0) is 6.54 Å². The molecule has 0 saturated carbocycles. The molecule has 8 nitrogen and oxygen atoms in total. The number of anilines is 1. The second-order valence-corrected chi connectivity index (χ2v) is 7.89. The molecular formula is C19H29N7O. The first-order chi connectivity index (χ1) is 13.1. The number of likely N-dealkylation sites (tertiary alicyclic amines) is 1. The molecule has 0 amide bonds. The van der Waals surface area contributed by atoms with Crippen molar-refractivity contribution in [2.24, 2.45) is 0 Å². The Labute approximate surface area is 160 Å². The maximum absolute atomic E-state index is 9.82. The second kappa shape index (κ2) is 7.90. The Hall–Kier alpha value is -2.06. The van der Waals surface area contributed by atoms with Crippen LogP contribution in [-0.4, -0.2) is 67.3 Å². The maximum atomic E-state index is 9.82. The van der Waals surface area contributed by atoms with Crippen LogP contribution in [0.2, 0.25) is 0 Å². The highest BCUT2D eigenvalue weighted by molar-refractivity contribution is 5.32. The van der Waals surface area contributed by atoms with Crippen LogP contribution in [0.3, 0.4) is 0 Å². The summed E-state index contributed by atoms with van der Waals surface area (Å²) in [6, 6.07) is 2.38. The Kier molecular flexibility index (Phi) is 5.36. The smallest absolute Gasteiger partial charge is 0.225 e. The number of β-amino-alcohol motifs (C(OH)–C–C–N with tert-alkyl or cyclic N) is 1. The molecule has 1 atom stereocenters. The minimum Gasteiger partial charge on any atom is -0.392 e. The molecule has 146 valence electrons. The van der Waals surface area contributed by atoms with Crippen molar-refractivity contribution in [1.29, 1.82) is 0 Å². The summed E-state index contributed by atoms with van der Waals surface area (Å²) >= 11 is 0. The van der Waals surface area contributed by atoms with E-state index in [4.69, 9.17) is 0 Å². The Bertz CT molecular complexity index is 749. The molecule has 2 saturated heterocycles. The average molecular weight is 371 g/mol. The summed E-state index contributed by atoms with van der Waals surface area (Å²) in [6.45, 7) is 8.43. The van der Waals surface area contributed by atoms with Crippen molar-refractivity contribution in [3.63, 3.8) is 0 Å². The number of hydrogen-bond donors (Lipinski definition) is 1. The first kappa shape index (κ1) is 18.3. The van der Waals surface area contributed by atoms with Gasteiger partial charge in [0.1, 0.15) is 0 Å². The highest BCUT2D eigenvalue weighted by Gasteiger charge is 2.24. The van der Waals surface area contributed by atoms with E-state index < -0.39 is 0 Å². The fraction of sp³-hybridized carbons (Fsp3) is 0.684. The number of hydrogen-bond acceptors (Lipinski definition) is 7. The van der Waals surface area contributed by atoms with E-state index in [-0.39, 0.29) is 6.10 Å². The zero-order valence-corrected chi connectivity index (χ0v) is 16.3. The van der Waals surface area contributed by atoms with Crippen LogP contribution in [0.5, 0.6) is 0 Å². The third kappa shape index (κ3) is 4.44. The predicted molar refractivity (Wildman–Crippen MR) is 103 cm³/mol. The molecule has 0 spiro atoms. The first-order valence-corrected chi connectivity index (χ1v) is 9.95. The first-order valence-electron chi connectivity index (χ1n) is 9.95. The van der Waals surface area contributed by atoms with Crippen LogP contribution in [0.15, 0.2) is 12.3 Å². The van der Waals surface area contributed by atoms with Gasteiger partial charge in [-0.15, -0.1) is 5.10 Å². The van der Waals surface area contributed by atoms with Gasteiger partial charge >= 0.3 is 0 Å². The van der Waals surface area contributed by atoms with E-state index >= 15 is 0 Å². The molecule has 4 heterocycles. The van der Waals surface area contributed by atoms with Crippen molar-refractivity contribution in [3.8, 4) is 0 Å². The molecular weight excluding hydrogens is 342 g/mol. The van der Waals surface area contributed by atoms with Crippen LogP contribution in [0.4, 0.5) is 5.95 Å². The van der Waals surface area contributed by atoms with Gasteiger partial charge in [-0.1, -0.05) is 5.21 Å². The standard InChI is InChI=1S/C19H29N7O/c1-14-10-15(2)21-19(20-14)25-8-5-17(6-9-25)26-12-16(22-23-26)11-24-7-3-4-18(27)13-24/h10,12,17-18,27H,3-9,11,13H2,1-2H3/t18-/m1/s1. The number of rotatable bonds is 4. The van der Waals surface area contributed by atoms with Crippen LogP contribution < -0.4 is 4.90 Å². The summed E-state index contributed by atoms with van der Waals surface area (Å²) in [5, 5.41) is 18.6. The third-order valence-corrected chi connectivity index (χ3v) is 5.52. The molecule has 4 rings (SSSR count). The molecule has 8 heteroatoms. The Morgan fingerprint density at radius 1 is 1.07 bits per heavy atom. The van der Waals surface area contributed by atoms with E-state index in [2.05, 4.69) is 36.3 Å². The molecule has 1 N–H and O–H groups in total. The number of aliphatic hydroxyl groups excluding tert-OH is 1. The number of aliphatic hydroxyl groups is 1. The molecule has 27 heavy (non-hydrogen) atoms. The SMILES string of the molecule is Cc1cc(C)nc(N2CCC(n3cc(CN4CCC[C@@H](O)C4)nn3)CC2)n1. The van der Waals surface area contributed by atoms with Gasteiger partial charge in [0, 0.05) is 37.6 Å². The molecule has 0 aliphatic carbocycles. The monoisotopic (exact) mass is 371 g/mol. The lowest BCUT2D eigenvalue weighted by molar-refractivity contribution is 0.0662. The van der Waals surface area contributed by atoms with Gasteiger partial charge in [-0.3, -0.25) is 4.90 Å². The summed E-state index contributed by atoms with van der Waals surface area (Å²) in [5.41, 5.74) is 3.02. The Morgan fingerprint density at radius 3 is 2.52 bits per heavy atom. The molecule has 2 aromatic heterocycles. The van der Waals surface area contributed by atoms with Gasteiger partial charge in [-0.2, -0.15) is 0 Å². The van der Waals surface area contributed by atoms with E-state index in [1.54, 1.807) is 0 Å². The van der Waals surface area contributed by atoms with Crippen LogP contribution in [0.1, 0.15) is 48.8 Å². The van der Waals surface area contributed by atoms with Gasteiger partial charge in [-0.25, -0.2) is 14.6 Å². The molecule has 0 unspecified atom stereocenters. The molecule has 0 radical (unpaired) electrons. The van der Waals surface area contributed by atoms with E-state index in [9.17, 15) is 5.11 Å². The van der Waals surface area contributed by atoms with Gasteiger partial charge < -0.3 is 10.0 Å². The topological polar surface area (TPSA) is 83.2 Å². The number of aromatic nitrogens is 5. The van der Waals surface area contributed by atoms with Crippen molar-refractivity contribution in [1.82, 2.24) is 29.9 Å². The van der Waals surface area contributed by atoms with Gasteiger partial charge in [0.15, 0.2) is 0 Å². The highest BCUT2D eigenvalue weighted by Crippen LogP contribution is 2.24. The lowest BCUT2D eigenvalue weighted by Crippen LogP contribution is -2.37. The van der Waals surface area contributed by atoms with Crippen LogP contribution in [0.25, 0.3) is 0 Å². The summed E-state index contributed by atoms with van der Waals surface area (Å²) in [4.78, 5) is 13.7. The molecule has 0 bridgehead atoms. The molecule has 2 aliphatic rings. The number of nitrogens with zero attached hydrogens (tertiary/aromatic N) is 7. The van der Waals surface area contributed by atoms with Crippen molar-refractivity contribution in [2.45, 2.75) is 58.2 Å². The quantitative estimate of drug-likeness (QED) is 0.871. The van der Waals surface area contributed by atoms with E-state index in [1.165, 1.54) is 0 Å². The number of piperidine rings is 2. The maximum Gasteiger partial charge on any atom is 0.225 e. The summed E-state index contributed by atoms with van der Waals surface area (Å²) in [7, 11) is 0. The van der Waals surface area contributed by atoms with E-state index in [0.29, 0.717) is 6.04 Å². The molecule has 2 aliphatic heterocycles. The van der Waals surface area contributed by atoms with E-state index in [1.807, 2.05) is 24.6 Å². The van der Waals surface area contributed by atoms with Gasteiger partial charge in [0.2, 0.25) is 5.95 Å². The minimum absolute atomic E-state index is 0.203. The molecule has 2 aromatic rings. The largest absolute Gasteiger partial charge is 0.392 e. The molecule has 2 fully saturated rings. The Balaban J connectivity index is 1.34. The number of aryl methyl sites for hydroxylation is 2. The zero-order chi connectivity index (χ0) is 18.8. The Morgan fingerprint density at radius 2 is 1.81 bits per heavy atom. The van der Waals surface area contributed by atoms with Gasteiger partial charge in [-0.05, 0) is 52.1 Å². The second-order valence-electron chi connectivity index (χ2n) is 7.89. The van der Waals surface area contributed by atoms with Crippen molar-refractivity contribution >= 4 is 5.95 Å². The van der Waals surface area contributed by atoms with Crippen LogP contribution in [0, 0.1) is 13.8 Å². The average Bonchev–Trinajstić information content (AvgIpc) is 3.09. The van der Waals surface area contributed by atoms with Gasteiger partial charge in [0.05, 0.1) is 24.0 Å². The lowest BCUT2D eigenvalue weighted by atomic mass is 10.1. The van der Waals surface area contributed by atoms with E-state index in [0.717, 1.165) is 81.4 Å². The molecule has 0 aromatic carbocycles. The van der Waals surface area contributed by atoms with Crippen LogP contribution >= 0.6 is 0 Å². The van der Waals surface area contributed by atoms with Crippen molar-refractivity contribution in [3.05, 3.63) is 29.3 Å². The van der Waals surface area contributed by atoms with Crippen molar-refractivity contribution < 1.29 is 5.11 Å². The van der Waals surface area contributed by atoms with Gasteiger partial charge in [0.25, 0.3) is 0 Å². The summed E-state index contributed by atoms with van der Waals surface area (Å²) < 4.78 is 2.02. The lowest BCUT2D eigenvalue weighted by Gasteiger charge is -2.32.